The average molecular weight is 371 g/mol. The Labute approximate surface area is 154 Å². The van der Waals surface area contributed by atoms with Crippen LogP contribution in [0.5, 0.6) is 0 Å². The van der Waals surface area contributed by atoms with Crippen molar-refractivity contribution in [3.63, 3.8) is 0 Å². The number of rotatable bonds is 5. The molecule has 0 atom stereocenters. The maximum Gasteiger partial charge on any atom is 0.332 e. The SMILES string of the molecule is CC(C)Cc1csc2c1c(=O)n(C)c(=O)n2CC(=O)Nc1ccccc1. The highest BCUT2D eigenvalue weighted by atomic mass is 32.1. The fraction of sp³-hybridized carbons (Fsp3) is 0.316. The number of benzene rings is 1. The molecule has 0 aliphatic heterocycles. The predicted molar refractivity (Wildman–Crippen MR) is 105 cm³/mol. The number of hydrogen-bond donors (Lipinski definition) is 1. The molecule has 7 heteroatoms. The van der Waals surface area contributed by atoms with Gasteiger partial charge in [0.2, 0.25) is 5.91 Å². The summed E-state index contributed by atoms with van der Waals surface area (Å²) >= 11 is 1.34. The predicted octanol–water partition coefficient (Wildman–Crippen LogP) is 2.60. The lowest BCUT2D eigenvalue weighted by Crippen LogP contribution is -2.39. The first kappa shape index (κ1) is 18.1. The quantitative estimate of drug-likeness (QED) is 0.749. The Morgan fingerprint density at radius 3 is 2.54 bits per heavy atom. The summed E-state index contributed by atoms with van der Waals surface area (Å²) in [6.45, 7) is 4.02. The molecule has 6 nitrogen and oxygen atoms in total. The summed E-state index contributed by atoms with van der Waals surface area (Å²) in [5, 5.41) is 5.23. The van der Waals surface area contributed by atoms with Gasteiger partial charge in [0.15, 0.2) is 0 Å². The second-order valence-corrected chi connectivity index (χ2v) is 7.54. The van der Waals surface area contributed by atoms with Gasteiger partial charge in [-0.3, -0.25) is 18.7 Å². The van der Waals surface area contributed by atoms with Crippen LogP contribution in [0.25, 0.3) is 10.2 Å². The highest BCUT2D eigenvalue weighted by Crippen LogP contribution is 2.24. The van der Waals surface area contributed by atoms with Gasteiger partial charge in [0.05, 0.1) is 5.39 Å². The standard InChI is InChI=1S/C19H21N3O3S/c1-12(2)9-13-11-26-18-16(13)17(24)21(3)19(25)22(18)10-15(23)20-14-7-5-4-6-8-14/h4-8,11-12H,9-10H2,1-3H3,(H,20,23). The number of nitrogens with zero attached hydrogens (tertiary/aromatic N) is 2. The van der Waals surface area contributed by atoms with Crippen LogP contribution >= 0.6 is 11.3 Å². The lowest BCUT2D eigenvalue weighted by Gasteiger charge is -2.11. The number of fused-ring (bicyclic) bond motifs is 1. The van der Waals surface area contributed by atoms with Gasteiger partial charge in [-0.25, -0.2) is 4.79 Å². The maximum absolute atomic E-state index is 12.6. The van der Waals surface area contributed by atoms with Crippen LogP contribution in [0.3, 0.4) is 0 Å². The lowest BCUT2D eigenvalue weighted by atomic mass is 10.0. The Kier molecular flexibility index (Phi) is 5.08. The lowest BCUT2D eigenvalue weighted by molar-refractivity contribution is -0.116. The second-order valence-electron chi connectivity index (χ2n) is 6.69. The Bertz CT molecular complexity index is 1060. The molecule has 0 spiro atoms. The fourth-order valence-electron chi connectivity index (χ4n) is 2.93. The average Bonchev–Trinajstić information content (AvgIpc) is 3.00. The van der Waals surface area contributed by atoms with Crippen LogP contribution in [0.1, 0.15) is 19.4 Å². The number of hydrogen-bond acceptors (Lipinski definition) is 4. The Morgan fingerprint density at radius 1 is 1.19 bits per heavy atom. The smallest absolute Gasteiger partial charge is 0.325 e. The first-order valence-electron chi connectivity index (χ1n) is 8.43. The molecule has 0 fully saturated rings. The van der Waals surface area contributed by atoms with E-state index in [9.17, 15) is 14.4 Å². The van der Waals surface area contributed by atoms with Crippen LogP contribution in [-0.2, 0) is 24.8 Å². The van der Waals surface area contributed by atoms with Crippen LogP contribution < -0.4 is 16.6 Å². The second kappa shape index (κ2) is 7.29. The summed E-state index contributed by atoms with van der Waals surface area (Å²) in [5.41, 5.74) is 0.807. The molecule has 136 valence electrons. The van der Waals surface area contributed by atoms with Gasteiger partial charge in [0, 0.05) is 12.7 Å². The van der Waals surface area contributed by atoms with Gasteiger partial charge in [-0.1, -0.05) is 32.0 Å². The van der Waals surface area contributed by atoms with Gasteiger partial charge in [-0.15, -0.1) is 11.3 Å². The third-order valence-corrected chi connectivity index (χ3v) is 5.17. The van der Waals surface area contributed by atoms with Crippen molar-refractivity contribution in [1.82, 2.24) is 9.13 Å². The molecule has 0 saturated carbocycles. The summed E-state index contributed by atoms with van der Waals surface area (Å²) < 4.78 is 2.46. The van der Waals surface area contributed by atoms with E-state index >= 15 is 0 Å². The molecule has 1 N–H and O–H groups in total. The van der Waals surface area contributed by atoms with Crippen LogP contribution in [0.4, 0.5) is 5.69 Å². The minimum atomic E-state index is -0.483. The van der Waals surface area contributed by atoms with E-state index in [1.807, 2.05) is 23.6 Å². The molecule has 0 radical (unpaired) electrons. The van der Waals surface area contributed by atoms with Gasteiger partial charge >= 0.3 is 5.69 Å². The van der Waals surface area contributed by atoms with Crippen molar-refractivity contribution in [2.24, 2.45) is 13.0 Å². The van der Waals surface area contributed by atoms with Gasteiger partial charge in [-0.2, -0.15) is 0 Å². The first-order chi connectivity index (χ1) is 12.4. The van der Waals surface area contributed by atoms with Crippen LogP contribution in [0.15, 0.2) is 45.3 Å². The minimum Gasteiger partial charge on any atom is -0.325 e. The summed E-state index contributed by atoms with van der Waals surface area (Å²) in [5.74, 6) is 0.0799. The molecular weight excluding hydrogens is 350 g/mol. The van der Waals surface area contributed by atoms with E-state index in [1.165, 1.54) is 23.0 Å². The number of amides is 1. The first-order valence-corrected chi connectivity index (χ1v) is 9.31. The Balaban J connectivity index is 2.03. The Morgan fingerprint density at radius 2 is 1.88 bits per heavy atom. The number of aromatic nitrogens is 2. The molecule has 3 rings (SSSR count). The molecule has 0 saturated heterocycles. The summed E-state index contributed by atoms with van der Waals surface area (Å²) in [6.07, 6.45) is 0.754. The molecule has 0 unspecified atom stereocenters. The zero-order valence-corrected chi connectivity index (χ0v) is 15.8. The summed E-state index contributed by atoms with van der Waals surface area (Å²) in [4.78, 5) is 38.1. The topological polar surface area (TPSA) is 73.1 Å². The van der Waals surface area contributed by atoms with Gasteiger partial charge in [-0.05, 0) is 35.4 Å². The van der Waals surface area contributed by atoms with E-state index in [4.69, 9.17) is 0 Å². The monoisotopic (exact) mass is 371 g/mol. The zero-order valence-electron chi connectivity index (χ0n) is 15.0. The van der Waals surface area contributed by atoms with Crippen LogP contribution in [-0.4, -0.2) is 15.0 Å². The number of anilines is 1. The number of carbonyl (C=O) groups excluding carboxylic acids is 1. The van der Waals surface area contributed by atoms with E-state index in [2.05, 4.69) is 19.2 Å². The van der Waals surface area contributed by atoms with Crippen molar-refractivity contribution in [2.75, 3.05) is 5.32 Å². The van der Waals surface area contributed by atoms with Crippen molar-refractivity contribution < 1.29 is 4.79 Å². The molecule has 1 amide bonds. The molecule has 0 aliphatic carbocycles. The van der Waals surface area contributed by atoms with Crippen molar-refractivity contribution in [2.45, 2.75) is 26.8 Å². The summed E-state index contributed by atoms with van der Waals surface area (Å²) in [6, 6.07) is 9.07. The van der Waals surface area contributed by atoms with Crippen molar-refractivity contribution in [3.8, 4) is 0 Å². The van der Waals surface area contributed by atoms with Gasteiger partial charge in [0.1, 0.15) is 11.4 Å². The molecule has 2 aromatic heterocycles. The number of carbonyl (C=O) groups is 1. The molecule has 0 bridgehead atoms. The number of thiophene rings is 1. The zero-order chi connectivity index (χ0) is 18.8. The minimum absolute atomic E-state index is 0.139. The van der Waals surface area contributed by atoms with E-state index in [0.717, 1.165) is 16.6 Å². The van der Waals surface area contributed by atoms with Crippen LogP contribution in [0.2, 0.25) is 0 Å². The highest BCUT2D eigenvalue weighted by Gasteiger charge is 2.18. The molecule has 3 aromatic rings. The molecule has 2 heterocycles. The van der Waals surface area contributed by atoms with Crippen molar-refractivity contribution in [3.05, 3.63) is 62.1 Å². The van der Waals surface area contributed by atoms with E-state index in [-0.39, 0.29) is 18.0 Å². The number of nitrogens with one attached hydrogen (secondary N) is 1. The normalized spacial score (nSPS) is 11.2. The van der Waals surface area contributed by atoms with E-state index in [0.29, 0.717) is 21.8 Å². The fourth-order valence-corrected chi connectivity index (χ4v) is 4.00. The molecule has 26 heavy (non-hydrogen) atoms. The molecule has 0 aliphatic rings. The van der Waals surface area contributed by atoms with Crippen molar-refractivity contribution >= 4 is 33.1 Å². The maximum atomic E-state index is 12.6. The van der Waals surface area contributed by atoms with Gasteiger partial charge in [0.25, 0.3) is 5.56 Å². The number of para-hydroxylation sites is 1. The highest BCUT2D eigenvalue weighted by molar-refractivity contribution is 7.17. The largest absolute Gasteiger partial charge is 0.332 e. The van der Waals surface area contributed by atoms with Gasteiger partial charge < -0.3 is 5.32 Å². The Hall–Kier alpha value is -2.67. The third kappa shape index (κ3) is 3.48. The van der Waals surface area contributed by atoms with Crippen LogP contribution in [0, 0.1) is 5.92 Å². The van der Waals surface area contributed by atoms with E-state index < -0.39 is 5.69 Å². The van der Waals surface area contributed by atoms with E-state index in [1.54, 1.807) is 12.1 Å². The summed E-state index contributed by atoms with van der Waals surface area (Å²) in [7, 11) is 1.45. The third-order valence-electron chi connectivity index (χ3n) is 4.12. The van der Waals surface area contributed by atoms with Crippen molar-refractivity contribution in [1.29, 1.82) is 0 Å². The molecule has 1 aromatic carbocycles. The molecular formula is C19H21N3O3S.